The number of nitrogens with zero attached hydrogens (tertiary/aromatic N) is 1. The van der Waals surface area contributed by atoms with Crippen LogP contribution < -0.4 is 9.83 Å². The standard InChI is InChI=1S/C15H17NO2P/c1-16(2,3)19(17)15-11-7-5-9-13(15)12-8-4-6-10-14(12)18-19/h4-11H,1-3H3/q+1. The molecular weight excluding hydrogens is 257 g/mol. The highest BCUT2D eigenvalue weighted by atomic mass is 31.2. The third-order valence-corrected chi connectivity index (χ3v) is 6.42. The second-order valence-electron chi connectivity index (χ2n) is 5.57. The maximum Gasteiger partial charge on any atom is 0.463 e. The predicted octanol–water partition coefficient (Wildman–Crippen LogP) is 3.27. The number of quaternary nitrogens is 1. The monoisotopic (exact) mass is 274 g/mol. The first-order valence-corrected chi connectivity index (χ1v) is 7.82. The molecule has 2 aromatic rings. The first kappa shape index (κ1) is 12.5. The molecule has 0 aliphatic carbocycles. The molecule has 3 rings (SSSR count). The highest BCUT2D eigenvalue weighted by Gasteiger charge is 2.47. The van der Waals surface area contributed by atoms with Crippen LogP contribution in [0.3, 0.4) is 0 Å². The third-order valence-electron chi connectivity index (χ3n) is 3.40. The topological polar surface area (TPSA) is 26.3 Å². The van der Waals surface area contributed by atoms with Gasteiger partial charge in [0.1, 0.15) is 11.1 Å². The Bertz CT molecular complexity index is 689. The molecule has 4 heteroatoms. The van der Waals surface area contributed by atoms with Crippen LogP contribution in [0.2, 0.25) is 0 Å². The number of hydrogen-bond acceptors (Lipinski definition) is 2. The van der Waals surface area contributed by atoms with Gasteiger partial charge in [-0.25, -0.2) is 4.57 Å². The van der Waals surface area contributed by atoms with Crippen molar-refractivity contribution in [3.63, 3.8) is 0 Å². The summed E-state index contributed by atoms with van der Waals surface area (Å²) >= 11 is 0. The van der Waals surface area contributed by atoms with Crippen molar-refractivity contribution in [2.45, 2.75) is 0 Å². The van der Waals surface area contributed by atoms with Gasteiger partial charge in [0.2, 0.25) is 0 Å². The molecular formula is C15H17NO2P+. The lowest BCUT2D eigenvalue weighted by molar-refractivity contribution is -0.749. The zero-order chi connectivity index (χ0) is 13.7. The van der Waals surface area contributed by atoms with Crippen molar-refractivity contribution in [2.24, 2.45) is 0 Å². The van der Waals surface area contributed by atoms with E-state index in [1.165, 1.54) is 0 Å². The van der Waals surface area contributed by atoms with Crippen molar-refractivity contribution < 1.29 is 13.3 Å². The highest BCUT2D eigenvalue weighted by molar-refractivity contribution is 7.62. The molecule has 0 radical (unpaired) electrons. The van der Waals surface area contributed by atoms with Gasteiger partial charge in [-0.2, -0.15) is 0 Å². The fraction of sp³-hybridized carbons (Fsp3) is 0.200. The summed E-state index contributed by atoms with van der Waals surface area (Å²) in [6.07, 6.45) is 0. The molecule has 0 fully saturated rings. The summed E-state index contributed by atoms with van der Waals surface area (Å²) in [5, 5.41) is 0.807. The lowest BCUT2D eigenvalue weighted by atomic mass is 10.0. The first-order chi connectivity index (χ1) is 8.93. The molecule has 0 amide bonds. The van der Waals surface area contributed by atoms with Crippen LogP contribution in [-0.4, -0.2) is 25.4 Å². The Labute approximate surface area is 113 Å². The van der Waals surface area contributed by atoms with Gasteiger partial charge >= 0.3 is 7.52 Å². The molecule has 0 bridgehead atoms. The van der Waals surface area contributed by atoms with E-state index in [-0.39, 0.29) is 4.25 Å². The van der Waals surface area contributed by atoms with Crippen LogP contribution in [0.1, 0.15) is 0 Å². The normalized spacial score (nSPS) is 21.2. The molecule has 0 N–H and O–H groups in total. The summed E-state index contributed by atoms with van der Waals surface area (Å²) < 4.78 is 19.6. The minimum atomic E-state index is -2.98. The van der Waals surface area contributed by atoms with Gasteiger partial charge in [0.05, 0.1) is 21.1 Å². The van der Waals surface area contributed by atoms with Gasteiger partial charge in [0.25, 0.3) is 0 Å². The van der Waals surface area contributed by atoms with E-state index in [4.69, 9.17) is 4.52 Å². The molecule has 0 aromatic heterocycles. The van der Waals surface area contributed by atoms with Gasteiger partial charge in [-0.15, -0.1) is 0 Å². The Balaban J connectivity index is 2.35. The number of hydrogen-bond donors (Lipinski definition) is 0. The van der Waals surface area contributed by atoms with Crippen LogP contribution >= 0.6 is 7.52 Å². The Kier molecular flexibility index (Phi) is 2.60. The van der Waals surface area contributed by atoms with E-state index in [1.54, 1.807) is 0 Å². The largest absolute Gasteiger partial charge is 0.463 e. The van der Waals surface area contributed by atoms with E-state index in [0.29, 0.717) is 5.75 Å². The average Bonchev–Trinajstić information content (AvgIpc) is 2.38. The molecule has 1 heterocycles. The molecule has 0 saturated heterocycles. The summed E-state index contributed by atoms with van der Waals surface area (Å²) in [5.74, 6) is 0.706. The Morgan fingerprint density at radius 3 is 2.16 bits per heavy atom. The summed E-state index contributed by atoms with van der Waals surface area (Å²) in [7, 11) is 2.74. The van der Waals surface area contributed by atoms with Gasteiger partial charge in [-0.05, 0) is 12.1 Å². The van der Waals surface area contributed by atoms with Crippen LogP contribution in [0, 0.1) is 0 Å². The quantitative estimate of drug-likeness (QED) is 0.746. The zero-order valence-corrected chi connectivity index (χ0v) is 12.2. The summed E-state index contributed by atoms with van der Waals surface area (Å²) in [5.41, 5.74) is 2.03. The summed E-state index contributed by atoms with van der Waals surface area (Å²) in [6, 6.07) is 15.6. The minimum Gasteiger partial charge on any atom is -0.400 e. The zero-order valence-electron chi connectivity index (χ0n) is 11.3. The molecule has 3 nitrogen and oxygen atoms in total. The number of rotatable bonds is 1. The van der Waals surface area contributed by atoms with Crippen LogP contribution in [0.25, 0.3) is 11.1 Å². The molecule has 1 aliphatic rings. The van der Waals surface area contributed by atoms with Gasteiger partial charge in [-0.1, -0.05) is 36.4 Å². The first-order valence-electron chi connectivity index (χ1n) is 6.24. The fourth-order valence-electron chi connectivity index (χ4n) is 2.34. The lowest BCUT2D eigenvalue weighted by Crippen LogP contribution is -2.39. The maximum atomic E-state index is 13.4. The summed E-state index contributed by atoms with van der Waals surface area (Å²) in [4.78, 5) is 0. The Morgan fingerprint density at radius 2 is 1.47 bits per heavy atom. The Morgan fingerprint density at radius 1 is 0.895 bits per heavy atom. The van der Waals surface area contributed by atoms with Crippen molar-refractivity contribution in [1.29, 1.82) is 0 Å². The number of benzene rings is 2. The van der Waals surface area contributed by atoms with Crippen LogP contribution in [0.15, 0.2) is 48.5 Å². The van der Waals surface area contributed by atoms with E-state index in [9.17, 15) is 4.57 Å². The van der Waals surface area contributed by atoms with E-state index in [2.05, 4.69) is 0 Å². The summed E-state index contributed by atoms with van der Waals surface area (Å²) in [6.45, 7) is 0. The molecule has 19 heavy (non-hydrogen) atoms. The van der Waals surface area contributed by atoms with Gasteiger partial charge in [0.15, 0.2) is 0 Å². The molecule has 2 aromatic carbocycles. The molecule has 98 valence electrons. The van der Waals surface area contributed by atoms with Crippen LogP contribution in [0.5, 0.6) is 5.75 Å². The van der Waals surface area contributed by atoms with E-state index >= 15 is 0 Å². The number of para-hydroxylation sites is 1. The molecule has 1 atom stereocenters. The lowest BCUT2D eigenvalue weighted by Gasteiger charge is -2.36. The fourth-order valence-corrected chi connectivity index (χ4v) is 4.53. The Hall–Kier alpha value is -1.57. The molecule has 1 aliphatic heterocycles. The predicted molar refractivity (Wildman–Crippen MR) is 77.8 cm³/mol. The van der Waals surface area contributed by atoms with Crippen molar-refractivity contribution in [1.82, 2.24) is 0 Å². The second-order valence-corrected chi connectivity index (χ2v) is 8.47. The van der Waals surface area contributed by atoms with Crippen molar-refractivity contribution >= 4 is 12.8 Å². The minimum absolute atomic E-state index is 0.276. The second kappa shape index (κ2) is 3.96. The average molecular weight is 274 g/mol. The molecule has 1 unspecified atom stereocenters. The van der Waals surface area contributed by atoms with Crippen molar-refractivity contribution in [2.75, 3.05) is 21.1 Å². The molecule has 0 saturated carbocycles. The smallest absolute Gasteiger partial charge is 0.400 e. The SMILES string of the molecule is C[N+](C)(C)P1(=O)Oc2ccccc2-c2ccccc21. The van der Waals surface area contributed by atoms with Crippen molar-refractivity contribution in [3.05, 3.63) is 48.5 Å². The van der Waals surface area contributed by atoms with E-state index in [1.807, 2.05) is 69.7 Å². The van der Waals surface area contributed by atoms with E-state index < -0.39 is 7.52 Å². The van der Waals surface area contributed by atoms with Crippen LogP contribution in [0.4, 0.5) is 0 Å². The van der Waals surface area contributed by atoms with Gasteiger partial charge in [0, 0.05) is 11.1 Å². The van der Waals surface area contributed by atoms with Gasteiger partial charge in [-0.3, -0.25) is 4.25 Å². The number of fused-ring (bicyclic) bond motifs is 3. The van der Waals surface area contributed by atoms with Crippen molar-refractivity contribution in [3.8, 4) is 16.9 Å². The highest BCUT2D eigenvalue weighted by Crippen LogP contribution is 2.58. The van der Waals surface area contributed by atoms with Gasteiger partial charge < -0.3 is 4.52 Å². The maximum absolute atomic E-state index is 13.4. The third kappa shape index (κ3) is 1.73. The molecule has 0 spiro atoms. The van der Waals surface area contributed by atoms with Crippen LogP contribution in [-0.2, 0) is 4.57 Å². The van der Waals surface area contributed by atoms with E-state index in [0.717, 1.165) is 16.4 Å².